The lowest BCUT2D eigenvalue weighted by Crippen LogP contribution is -2.44. The number of likely N-dealkylation sites (tertiary alicyclic amines) is 2. The second-order valence-corrected chi connectivity index (χ2v) is 10.9. The molecule has 1 amide bonds. The SMILES string of the molecule is COc1cc2c(Oc3ccc4[nH]c(C)cc4c3F)ncnc2cc1OCC1CCN(C(=O)CN2CC[C@H](O)C2)CC1. The van der Waals surface area contributed by atoms with Crippen molar-refractivity contribution < 1.29 is 28.5 Å². The minimum atomic E-state index is -0.465. The van der Waals surface area contributed by atoms with E-state index in [9.17, 15) is 9.90 Å². The van der Waals surface area contributed by atoms with Crippen molar-refractivity contribution in [2.75, 3.05) is 46.4 Å². The van der Waals surface area contributed by atoms with Crippen LogP contribution < -0.4 is 14.2 Å². The molecule has 1 atom stereocenters. The standard InChI is InChI=1S/C30H34FN5O5/c1-18-11-21-23(34-18)3-4-25(29(21)31)41-30-22-12-26(39-2)27(13-24(22)32-17-33-30)40-16-19-5-9-36(10-6-19)28(38)15-35-8-7-20(37)14-35/h3-4,11-13,17,19-20,34,37H,5-10,14-16H2,1-2H3/t20-/m0/s1. The highest BCUT2D eigenvalue weighted by Gasteiger charge is 2.27. The Hall–Kier alpha value is -3.96. The van der Waals surface area contributed by atoms with Crippen molar-refractivity contribution in [1.29, 1.82) is 0 Å². The molecule has 4 aromatic rings. The number of aliphatic hydroxyl groups excluding tert-OH is 1. The third-order valence-electron chi connectivity index (χ3n) is 7.98. The molecule has 2 saturated heterocycles. The average molecular weight is 564 g/mol. The van der Waals surface area contributed by atoms with Crippen LogP contribution in [0.3, 0.4) is 0 Å². The van der Waals surface area contributed by atoms with Crippen molar-refractivity contribution >= 4 is 27.7 Å². The predicted molar refractivity (Wildman–Crippen MR) is 151 cm³/mol. The molecule has 2 aromatic carbocycles. The molecule has 10 nitrogen and oxygen atoms in total. The van der Waals surface area contributed by atoms with Gasteiger partial charge in [0.15, 0.2) is 23.1 Å². The van der Waals surface area contributed by atoms with E-state index in [-0.39, 0.29) is 23.6 Å². The van der Waals surface area contributed by atoms with E-state index in [0.717, 1.165) is 31.5 Å². The summed E-state index contributed by atoms with van der Waals surface area (Å²) in [6.45, 7) is 5.45. The number of amides is 1. The topological polar surface area (TPSA) is 113 Å². The number of carbonyl (C=O) groups excluding carboxylic acids is 1. The molecule has 11 heteroatoms. The number of H-pyrrole nitrogens is 1. The number of carbonyl (C=O) groups is 1. The molecule has 4 heterocycles. The summed E-state index contributed by atoms with van der Waals surface area (Å²) >= 11 is 0. The minimum absolute atomic E-state index is 0.0682. The first-order chi connectivity index (χ1) is 19.9. The van der Waals surface area contributed by atoms with Gasteiger partial charge in [0.2, 0.25) is 11.8 Å². The molecule has 0 bridgehead atoms. The first-order valence-corrected chi connectivity index (χ1v) is 14.0. The number of piperidine rings is 1. The van der Waals surface area contributed by atoms with Crippen LogP contribution in [-0.4, -0.2) is 88.3 Å². The summed E-state index contributed by atoms with van der Waals surface area (Å²) < 4.78 is 32.9. The molecule has 2 aliphatic rings. The van der Waals surface area contributed by atoms with Crippen molar-refractivity contribution in [1.82, 2.24) is 24.8 Å². The Morgan fingerprint density at radius 1 is 1.07 bits per heavy atom. The second kappa shape index (κ2) is 11.5. The maximum absolute atomic E-state index is 15.2. The number of fused-ring (bicyclic) bond motifs is 2. The van der Waals surface area contributed by atoms with Gasteiger partial charge in [-0.15, -0.1) is 0 Å². The second-order valence-electron chi connectivity index (χ2n) is 10.9. The fourth-order valence-electron chi connectivity index (χ4n) is 5.67. The van der Waals surface area contributed by atoms with Crippen molar-refractivity contribution in [3.63, 3.8) is 0 Å². The molecule has 0 radical (unpaired) electrons. The number of aliphatic hydroxyl groups is 1. The highest BCUT2D eigenvalue weighted by molar-refractivity contribution is 5.87. The summed E-state index contributed by atoms with van der Waals surface area (Å²) in [6, 6.07) is 8.61. The fraction of sp³-hybridized carbons (Fsp3) is 0.433. The van der Waals surface area contributed by atoms with E-state index in [4.69, 9.17) is 14.2 Å². The lowest BCUT2D eigenvalue weighted by molar-refractivity contribution is -0.133. The molecule has 0 unspecified atom stereocenters. The average Bonchev–Trinajstić information content (AvgIpc) is 3.57. The molecule has 6 rings (SSSR count). The number of β-amino-alcohol motifs (C(OH)–C–C–N with tert-alkyl or cyclic N) is 1. The Kier molecular flexibility index (Phi) is 7.63. The molecule has 0 saturated carbocycles. The number of aromatic nitrogens is 3. The van der Waals surface area contributed by atoms with Crippen LogP contribution in [0.5, 0.6) is 23.1 Å². The number of rotatable bonds is 8. The highest BCUT2D eigenvalue weighted by Crippen LogP contribution is 2.38. The van der Waals surface area contributed by atoms with Gasteiger partial charge in [0.25, 0.3) is 0 Å². The Labute approximate surface area is 237 Å². The Morgan fingerprint density at radius 2 is 1.90 bits per heavy atom. The van der Waals surface area contributed by atoms with Gasteiger partial charge >= 0.3 is 0 Å². The van der Waals surface area contributed by atoms with Crippen LogP contribution in [0.25, 0.3) is 21.8 Å². The van der Waals surface area contributed by atoms with Crippen LogP contribution in [0.2, 0.25) is 0 Å². The number of halogens is 1. The highest BCUT2D eigenvalue weighted by atomic mass is 19.1. The number of nitrogens with zero attached hydrogens (tertiary/aromatic N) is 4. The first kappa shape index (κ1) is 27.2. The van der Waals surface area contributed by atoms with Crippen molar-refractivity contribution in [2.24, 2.45) is 5.92 Å². The van der Waals surface area contributed by atoms with E-state index >= 15 is 4.39 Å². The number of hydrogen-bond acceptors (Lipinski definition) is 8. The summed E-state index contributed by atoms with van der Waals surface area (Å²) in [6.07, 6.45) is 3.48. The number of nitrogens with one attached hydrogen (secondary N) is 1. The molecule has 0 spiro atoms. The zero-order chi connectivity index (χ0) is 28.5. The number of benzene rings is 2. The number of aryl methyl sites for hydroxylation is 1. The van der Waals surface area contributed by atoms with E-state index in [2.05, 4.69) is 15.0 Å². The largest absolute Gasteiger partial charge is 0.493 e. The van der Waals surface area contributed by atoms with Gasteiger partial charge in [0.05, 0.1) is 37.3 Å². The molecular formula is C30H34FN5O5. The number of aromatic amines is 1. The zero-order valence-corrected chi connectivity index (χ0v) is 23.2. The van der Waals surface area contributed by atoms with Crippen LogP contribution >= 0.6 is 0 Å². The molecule has 2 aliphatic heterocycles. The van der Waals surface area contributed by atoms with Gasteiger partial charge in [-0.1, -0.05) is 0 Å². The third-order valence-corrected chi connectivity index (χ3v) is 7.98. The maximum Gasteiger partial charge on any atom is 0.236 e. The Balaban J connectivity index is 1.11. The normalized spacial score (nSPS) is 18.3. The molecule has 2 N–H and O–H groups in total. The fourth-order valence-corrected chi connectivity index (χ4v) is 5.67. The summed E-state index contributed by atoms with van der Waals surface area (Å²) in [7, 11) is 1.56. The van der Waals surface area contributed by atoms with E-state index in [1.807, 2.05) is 16.7 Å². The summed E-state index contributed by atoms with van der Waals surface area (Å²) in [4.78, 5) is 28.4. The van der Waals surface area contributed by atoms with Gasteiger partial charge in [-0.3, -0.25) is 9.69 Å². The Bertz CT molecular complexity index is 1570. The van der Waals surface area contributed by atoms with Crippen LogP contribution in [0.1, 0.15) is 25.0 Å². The summed E-state index contributed by atoms with van der Waals surface area (Å²) in [5.74, 6) is 1.28. The number of ether oxygens (including phenoxy) is 3. The molecule has 41 heavy (non-hydrogen) atoms. The van der Waals surface area contributed by atoms with E-state index in [1.165, 1.54) is 6.33 Å². The third kappa shape index (κ3) is 5.77. The minimum Gasteiger partial charge on any atom is -0.493 e. The van der Waals surface area contributed by atoms with Gasteiger partial charge < -0.3 is 29.2 Å². The van der Waals surface area contributed by atoms with Crippen molar-refractivity contribution in [2.45, 2.75) is 32.3 Å². The maximum atomic E-state index is 15.2. The van der Waals surface area contributed by atoms with Gasteiger partial charge in [0.1, 0.15) is 6.33 Å². The smallest absolute Gasteiger partial charge is 0.236 e. The van der Waals surface area contributed by atoms with Gasteiger partial charge in [-0.25, -0.2) is 14.4 Å². The molecule has 2 fully saturated rings. The predicted octanol–water partition coefficient (Wildman–Crippen LogP) is 4.04. The van der Waals surface area contributed by atoms with Crippen LogP contribution in [0, 0.1) is 18.7 Å². The van der Waals surface area contributed by atoms with Crippen molar-refractivity contribution in [3.8, 4) is 23.1 Å². The molecule has 0 aliphatic carbocycles. The Morgan fingerprint density at radius 3 is 2.66 bits per heavy atom. The van der Waals surface area contributed by atoms with Crippen LogP contribution in [0.15, 0.2) is 36.7 Å². The number of hydrogen-bond donors (Lipinski definition) is 2. The zero-order valence-electron chi connectivity index (χ0n) is 23.2. The van der Waals surface area contributed by atoms with Crippen molar-refractivity contribution in [3.05, 3.63) is 48.2 Å². The van der Waals surface area contributed by atoms with E-state index in [0.29, 0.717) is 72.0 Å². The number of methoxy groups -OCH3 is 1. The quantitative estimate of drug-likeness (QED) is 0.330. The van der Waals surface area contributed by atoms with E-state index in [1.54, 1.807) is 37.4 Å². The summed E-state index contributed by atoms with van der Waals surface area (Å²) in [5, 5.41) is 10.7. The lowest BCUT2D eigenvalue weighted by Gasteiger charge is -2.33. The summed E-state index contributed by atoms with van der Waals surface area (Å²) in [5.41, 5.74) is 2.14. The van der Waals surface area contributed by atoms with Crippen LogP contribution in [-0.2, 0) is 4.79 Å². The molecule has 2 aromatic heterocycles. The van der Waals surface area contributed by atoms with Crippen LogP contribution in [0.4, 0.5) is 4.39 Å². The van der Waals surface area contributed by atoms with E-state index < -0.39 is 5.82 Å². The lowest BCUT2D eigenvalue weighted by atomic mass is 9.97. The van der Waals surface area contributed by atoms with Gasteiger partial charge in [-0.2, -0.15) is 0 Å². The molecule has 216 valence electrons. The monoisotopic (exact) mass is 563 g/mol. The van der Waals surface area contributed by atoms with Gasteiger partial charge in [-0.05, 0) is 56.4 Å². The van der Waals surface area contributed by atoms with Gasteiger partial charge in [0, 0.05) is 48.8 Å². The first-order valence-electron chi connectivity index (χ1n) is 14.0. The molecular weight excluding hydrogens is 529 g/mol.